The van der Waals surface area contributed by atoms with Gasteiger partial charge in [-0.3, -0.25) is 9.59 Å². The molecule has 0 aliphatic carbocycles. The van der Waals surface area contributed by atoms with Gasteiger partial charge in [0.2, 0.25) is 0 Å². The van der Waals surface area contributed by atoms with Gasteiger partial charge in [-0.05, 0) is 44.6 Å². The SMILES string of the molecule is CC(C)NC(=O)C(=O)NCC[C@@H]1CCCCN1S(=O)(=O)c1cccs1. The summed E-state index contributed by atoms with van der Waals surface area (Å²) < 4.78 is 27.4. The largest absolute Gasteiger partial charge is 0.348 e. The number of carbonyl (C=O) groups excluding carboxylic acids is 2. The summed E-state index contributed by atoms with van der Waals surface area (Å²) in [5.41, 5.74) is 0. The third-order valence-corrected chi connectivity index (χ3v) is 7.35. The highest BCUT2D eigenvalue weighted by Gasteiger charge is 2.33. The van der Waals surface area contributed by atoms with E-state index < -0.39 is 21.8 Å². The standard InChI is InChI=1S/C16H25N3O4S2/c1-12(2)18-16(21)15(20)17-9-8-13-6-3-4-10-19(13)25(22,23)14-7-5-11-24-14/h5,7,11-13H,3-4,6,8-10H2,1-2H3,(H,17,20)(H,18,21)/t13-/m0/s1. The van der Waals surface area contributed by atoms with Gasteiger partial charge in [-0.15, -0.1) is 11.3 Å². The van der Waals surface area contributed by atoms with Gasteiger partial charge in [-0.25, -0.2) is 8.42 Å². The Bertz CT molecular complexity index is 686. The van der Waals surface area contributed by atoms with Crippen LogP contribution in [0.15, 0.2) is 21.7 Å². The first-order valence-electron chi connectivity index (χ1n) is 8.46. The van der Waals surface area contributed by atoms with Crippen molar-refractivity contribution in [1.82, 2.24) is 14.9 Å². The topological polar surface area (TPSA) is 95.6 Å². The molecule has 9 heteroatoms. The predicted octanol–water partition coefficient (Wildman–Crippen LogP) is 1.32. The molecule has 2 amide bonds. The van der Waals surface area contributed by atoms with Gasteiger partial charge >= 0.3 is 11.8 Å². The number of carbonyl (C=O) groups is 2. The van der Waals surface area contributed by atoms with Crippen molar-refractivity contribution in [3.05, 3.63) is 17.5 Å². The van der Waals surface area contributed by atoms with Crippen LogP contribution in [0.4, 0.5) is 0 Å². The van der Waals surface area contributed by atoms with E-state index in [1.807, 2.05) is 0 Å². The van der Waals surface area contributed by atoms with Crippen molar-refractivity contribution in [2.45, 2.75) is 55.8 Å². The fraction of sp³-hybridized carbons (Fsp3) is 0.625. The van der Waals surface area contributed by atoms with E-state index in [1.165, 1.54) is 11.3 Å². The zero-order chi connectivity index (χ0) is 18.4. The lowest BCUT2D eigenvalue weighted by atomic mass is 10.0. The number of sulfonamides is 1. The minimum absolute atomic E-state index is 0.108. The first kappa shape index (κ1) is 19.9. The average Bonchev–Trinajstić information content (AvgIpc) is 3.09. The van der Waals surface area contributed by atoms with Crippen molar-refractivity contribution in [1.29, 1.82) is 0 Å². The molecule has 7 nitrogen and oxygen atoms in total. The summed E-state index contributed by atoms with van der Waals surface area (Å²) >= 11 is 1.21. The molecule has 25 heavy (non-hydrogen) atoms. The zero-order valence-electron chi connectivity index (χ0n) is 14.5. The summed E-state index contributed by atoms with van der Waals surface area (Å²) in [5, 5.41) is 6.85. The number of rotatable bonds is 6. The molecular formula is C16H25N3O4S2. The van der Waals surface area contributed by atoms with E-state index in [-0.39, 0.29) is 18.6 Å². The highest BCUT2D eigenvalue weighted by molar-refractivity contribution is 7.91. The van der Waals surface area contributed by atoms with Crippen LogP contribution in [0.2, 0.25) is 0 Å². The van der Waals surface area contributed by atoms with Gasteiger partial charge in [0, 0.05) is 25.2 Å². The second kappa shape index (κ2) is 8.77. The fourth-order valence-corrected chi connectivity index (χ4v) is 5.71. The third-order valence-electron chi connectivity index (χ3n) is 4.02. The first-order valence-corrected chi connectivity index (χ1v) is 10.8. The highest BCUT2D eigenvalue weighted by atomic mass is 32.2. The average molecular weight is 388 g/mol. The van der Waals surface area contributed by atoms with Crippen LogP contribution in [0, 0.1) is 0 Å². The first-order chi connectivity index (χ1) is 11.8. The summed E-state index contributed by atoms with van der Waals surface area (Å²) in [6, 6.07) is 3.07. The van der Waals surface area contributed by atoms with Crippen LogP contribution in [-0.4, -0.2) is 49.7 Å². The Morgan fingerprint density at radius 2 is 2.08 bits per heavy atom. The lowest BCUT2D eigenvalue weighted by Gasteiger charge is -2.34. The molecule has 2 N–H and O–H groups in total. The van der Waals surface area contributed by atoms with Crippen LogP contribution < -0.4 is 10.6 Å². The van der Waals surface area contributed by atoms with E-state index in [0.717, 1.165) is 19.3 Å². The smallest absolute Gasteiger partial charge is 0.309 e. The summed E-state index contributed by atoms with van der Waals surface area (Å²) in [7, 11) is -3.49. The molecule has 0 aromatic carbocycles. The predicted molar refractivity (Wildman–Crippen MR) is 96.8 cm³/mol. The zero-order valence-corrected chi connectivity index (χ0v) is 16.2. The maximum Gasteiger partial charge on any atom is 0.309 e. The van der Waals surface area contributed by atoms with Crippen LogP contribution in [-0.2, 0) is 19.6 Å². The lowest BCUT2D eigenvalue weighted by molar-refractivity contribution is -0.139. The molecule has 1 aliphatic heterocycles. The van der Waals surface area contributed by atoms with Crippen LogP contribution in [0.3, 0.4) is 0 Å². The summed E-state index contributed by atoms with van der Waals surface area (Å²) in [6.07, 6.45) is 3.05. The quantitative estimate of drug-likeness (QED) is 0.720. The van der Waals surface area contributed by atoms with Crippen LogP contribution in [0.5, 0.6) is 0 Å². The van der Waals surface area contributed by atoms with E-state index in [2.05, 4.69) is 10.6 Å². The minimum Gasteiger partial charge on any atom is -0.348 e. The van der Waals surface area contributed by atoms with Crippen molar-refractivity contribution < 1.29 is 18.0 Å². The molecule has 1 saturated heterocycles. The van der Waals surface area contributed by atoms with Crippen molar-refractivity contribution in [2.24, 2.45) is 0 Å². The Kier molecular flexibility index (Phi) is 6.97. The summed E-state index contributed by atoms with van der Waals surface area (Å²) in [5.74, 6) is -1.35. The molecular weight excluding hydrogens is 362 g/mol. The van der Waals surface area contributed by atoms with E-state index in [9.17, 15) is 18.0 Å². The molecule has 1 aliphatic rings. The monoisotopic (exact) mass is 387 g/mol. The summed E-state index contributed by atoms with van der Waals surface area (Å²) in [6.45, 7) is 4.32. The van der Waals surface area contributed by atoms with E-state index >= 15 is 0 Å². The van der Waals surface area contributed by atoms with E-state index in [1.54, 1.807) is 35.7 Å². The molecule has 0 bridgehead atoms. The van der Waals surface area contributed by atoms with Crippen molar-refractivity contribution >= 4 is 33.2 Å². The number of hydrogen-bond acceptors (Lipinski definition) is 5. The Labute approximate surface area is 152 Å². The van der Waals surface area contributed by atoms with Crippen molar-refractivity contribution in [2.75, 3.05) is 13.1 Å². The van der Waals surface area contributed by atoms with Crippen molar-refractivity contribution in [3.63, 3.8) is 0 Å². The Morgan fingerprint density at radius 1 is 1.32 bits per heavy atom. The summed E-state index contributed by atoms with van der Waals surface area (Å²) in [4.78, 5) is 23.3. The van der Waals surface area contributed by atoms with Crippen molar-refractivity contribution in [3.8, 4) is 0 Å². The van der Waals surface area contributed by atoms with Gasteiger partial charge in [0.05, 0.1) is 0 Å². The Hall–Kier alpha value is -1.45. The molecule has 0 spiro atoms. The Balaban J connectivity index is 1.93. The number of thiophene rings is 1. The molecule has 1 aromatic rings. The molecule has 140 valence electrons. The van der Waals surface area contributed by atoms with Gasteiger partial charge in [-0.1, -0.05) is 12.5 Å². The number of piperidine rings is 1. The number of nitrogens with zero attached hydrogens (tertiary/aromatic N) is 1. The second-order valence-corrected chi connectivity index (χ2v) is 9.44. The van der Waals surface area contributed by atoms with Gasteiger partial charge < -0.3 is 10.6 Å². The van der Waals surface area contributed by atoms with Gasteiger partial charge in [0.25, 0.3) is 10.0 Å². The third kappa shape index (κ3) is 5.26. The number of nitrogens with one attached hydrogen (secondary N) is 2. The molecule has 0 saturated carbocycles. The van der Waals surface area contributed by atoms with Crippen LogP contribution in [0.25, 0.3) is 0 Å². The highest BCUT2D eigenvalue weighted by Crippen LogP contribution is 2.28. The maximum absolute atomic E-state index is 12.8. The molecule has 0 unspecified atom stereocenters. The maximum atomic E-state index is 12.8. The molecule has 2 rings (SSSR count). The van der Waals surface area contributed by atoms with Gasteiger partial charge in [0.15, 0.2) is 0 Å². The molecule has 1 atom stereocenters. The van der Waals surface area contributed by atoms with E-state index in [0.29, 0.717) is 17.2 Å². The molecule has 0 radical (unpaired) electrons. The molecule has 1 aromatic heterocycles. The lowest BCUT2D eigenvalue weighted by Crippen LogP contribution is -2.46. The van der Waals surface area contributed by atoms with Crippen LogP contribution in [0.1, 0.15) is 39.5 Å². The van der Waals surface area contributed by atoms with Gasteiger partial charge in [-0.2, -0.15) is 4.31 Å². The van der Waals surface area contributed by atoms with Crippen LogP contribution >= 0.6 is 11.3 Å². The van der Waals surface area contributed by atoms with Gasteiger partial charge in [0.1, 0.15) is 4.21 Å². The fourth-order valence-electron chi connectivity index (χ4n) is 2.87. The molecule has 1 fully saturated rings. The number of hydrogen-bond donors (Lipinski definition) is 2. The second-order valence-electron chi connectivity index (χ2n) is 6.37. The normalized spacial score (nSPS) is 18.9. The van der Waals surface area contributed by atoms with E-state index in [4.69, 9.17) is 0 Å². The minimum atomic E-state index is -3.49. The number of amides is 2. The Morgan fingerprint density at radius 3 is 2.72 bits per heavy atom. The molecule has 2 heterocycles.